The quantitative estimate of drug-likeness (QED) is 0.900. The predicted octanol–water partition coefficient (Wildman–Crippen LogP) is 2.16. The van der Waals surface area contributed by atoms with Crippen molar-refractivity contribution in [1.29, 1.82) is 0 Å². The van der Waals surface area contributed by atoms with E-state index in [-0.39, 0.29) is 17.4 Å². The van der Waals surface area contributed by atoms with Gasteiger partial charge in [-0.05, 0) is 21.3 Å². The molecule has 2 atom stereocenters. The highest BCUT2D eigenvalue weighted by Gasteiger charge is 2.38. The largest absolute Gasteiger partial charge is 0.477 e. The van der Waals surface area contributed by atoms with E-state index in [0.717, 1.165) is 4.47 Å². The number of ether oxygens (including phenoxy) is 2. The van der Waals surface area contributed by atoms with Crippen LogP contribution in [0.15, 0.2) is 10.7 Å². The molecule has 0 saturated heterocycles. The van der Waals surface area contributed by atoms with Crippen molar-refractivity contribution in [2.45, 2.75) is 33.4 Å². The van der Waals surface area contributed by atoms with Crippen LogP contribution in [0.2, 0.25) is 0 Å². The van der Waals surface area contributed by atoms with Crippen molar-refractivity contribution in [3.05, 3.63) is 10.7 Å². The zero-order chi connectivity index (χ0) is 14.2. The summed E-state index contributed by atoms with van der Waals surface area (Å²) in [6.45, 7) is 7.13. The summed E-state index contributed by atoms with van der Waals surface area (Å²) < 4.78 is 13.6. The van der Waals surface area contributed by atoms with Crippen LogP contribution in [0.5, 0.6) is 5.88 Å². The summed E-state index contributed by atoms with van der Waals surface area (Å²) in [5.41, 5.74) is 4.95. The molecule has 106 valence electrons. The summed E-state index contributed by atoms with van der Waals surface area (Å²) in [5, 5.41) is 4.22. The molecule has 0 radical (unpaired) electrons. The number of nitrogens with zero attached hydrogens (tertiary/aromatic N) is 2. The number of rotatable bonds is 2. The van der Waals surface area contributed by atoms with Gasteiger partial charge in [0, 0.05) is 0 Å². The summed E-state index contributed by atoms with van der Waals surface area (Å²) in [6.07, 6.45) is 0.618. The van der Waals surface area contributed by atoms with Crippen LogP contribution in [0.3, 0.4) is 0 Å². The summed E-state index contributed by atoms with van der Waals surface area (Å²) >= 11 is 3.38. The maximum Gasteiger partial charge on any atom is 0.404 e. The highest BCUT2D eigenvalue weighted by atomic mass is 79.9. The van der Waals surface area contributed by atoms with Gasteiger partial charge in [0.1, 0.15) is 6.10 Å². The summed E-state index contributed by atoms with van der Waals surface area (Å²) in [4.78, 5) is 11.1. The van der Waals surface area contributed by atoms with Crippen LogP contribution in [0.25, 0.3) is 0 Å². The Labute approximate surface area is 120 Å². The number of amides is 1. The number of nitrogens with two attached hydrogens (primary N) is 1. The maximum atomic E-state index is 11.1. The monoisotopic (exact) mass is 331 g/mol. The van der Waals surface area contributed by atoms with E-state index in [0.29, 0.717) is 19.0 Å². The van der Waals surface area contributed by atoms with Gasteiger partial charge in [-0.25, -0.2) is 9.48 Å². The fourth-order valence-corrected chi connectivity index (χ4v) is 2.78. The van der Waals surface area contributed by atoms with Gasteiger partial charge in [0.25, 0.3) is 0 Å². The lowest BCUT2D eigenvalue weighted by atomic mass is 9.81. The smallest absolute Gasteiger partial charge is 0.404 e. The predicted molar refractivity (Wildman–Crippen MR) is 72.8 cm³/mol. The molecule has 2 rings (SSSR count). The van der Waals surface area contributed by atoms with Gasteiger partial charge in [-0.2, -0.15) is 5.10 Å². The van der Waals surface area contributed by atoms with E-state index < -0.39 is 6.09 Å². The van der Waals surface area contributed by atoms with Crippen LogP contribution in [0.4, 0.5) is 4.79 Å². The zero-order valence-corrected chi connectivity index (χ0v) is 12.8. The SMILES string of the molecule is CC(C)(C)C(OC(N)=O)[C@H]1COc2c(Br)cnn2C1. The second kappa shape index (κ2) is 5.03. The third kappa shape index (κ3) is 3.02. The van der Waals surface area contributed by atoms with Crippen LogP contribution < -0.4 is 10.5 Å². The Morgan fingerprint density at radius 1 is 1.68 bits per heavy atom. The number of primary amides is 1. The molecule has 1 aromatic heterocycles. The number of halogens is 1. The summed E-state index contributed by atoms with van der Waals surface area (Å²) in [6, 6.07) is 0. The van der Waals surface area contributed by atoms with Gasteiger partial charge < -0.3 is 15.2 Å². The molecule has 0 spiro atoms. The molecule has 19 heavy (non-hydrogen) atoms. The van der Waals surface area contributed by atoms with Gasteiger partial charge in [0.15, 0.2) is 0 Å². The highest BCUT2D eigenvalue weighted by molar-refractivity contribution is 9.10. The molecule has 0 fully saturated rings. The molecule has 6 nitrogen and oxygen atoms in total. The molecule has 2 heterocycles. The molecule has 0 bridgehead atoms. The van der Waals surface area contributed by atoms with Gasteiger partial charge in [0.2, 0.25) is 5.88 Å². The highest BCUT2D eigenvalue weighted by Crippen LogP contribution is 2.35. The second-order valence-corrected chi connectivity index (χ2v) is 6.63. The number of carbonyl (C=O) groups excluding carboxylic acids is 1. The molecule has 2 N–H and O–H groups in total. The van der Waals surface area contributed by atoms with E-state index >= 15 is 0 Å². The van der Waals surface area contributed by atoms with Gasteiger partial charge in [-0.3, -0.25) is 0 Å². The first-order valence-electron chi connectivity index (χ1n) is 6.09. The van der Waals surface area contributed by atoms with E-state index in [1.165, 1.54) is 0 Å². The van der Waals surface area contributed by atoms with Crippen LogP contribution in [-0.2, 0) is 11.3 Å². The number of hydrogen-bond donors (Lipinski definition) is 1. The van der Waals surface area contributed by atoms with E-state index in [4.69, 9.17) is 15.2 Å². The van der Waals surface area contributed by atoms with Crippen LogP contribution >= 0.6 is 15.9 Å². The summed E-state index contributed by atoms with van der Waals surface area (Å²) in [7, 11) is 0. The standard InChI is InChI=1S/C12H18BrN3O3/c1-12(2,3)9(19-11(14)17)7-5-16-10(18-6-7)8(13)4-15-16/h4,7,9H,5-6H2,1-3H3,(H2,14,17)/t7-,9?/m1/s1. The normalized spacial score (nSPS) is 20.3. The summed E-state index contributed by atoms with van der Waals surface area (Å²) in [5.74, 6) is 0.731. The molecular formula is C12H18BrN3O3. The number of carbonyl (C=O) groups is 1. The van der Waals surface area contributed by atoms with Crippen molar-refractivity contribution in [3.8, 4) is 5.88 Å². The Balaban J connectivity index is 2.19. The topological polar surface area (TPSA) is 79.4 Å². The average Bonchev–Trinajstić information content (AvgIpc) is 2.66. The Morgan fingerprint density at radius 2 is 2.37 bits per heavy atom. The lowest BCUT2D eigenvalue weighted by Crippen LogP contribution is -2.45. The van der Waals surface area contributed by atoms with Crippen LogP contribution in [0, 0.1) is 11.3 Å². The third-order valence-corrected chi connectivity index (χ3v) is 3.66. The maximum absolute atomic E-state index is 11.1. The van der Waals surface area contributed by atoms with Crippen LogP contribution in [0.1, 0.15) is 20.8 Å². The number of hydrogen-bond acceptors (Lipinski definition) is 4. The van der Waals surface area contributed by atoms with Crippen molar-refractivity contribution >= 4 is 22.0 Å². The first-order valence-corrected chi connectivity index (χ1v) is 6.88. The van der Waals surface area contributed by atoms with E-state index in [2.05, 4.69) is 21.0 Å². The van der Waals surface area contributed by atoms with E-state index in [9.17, 15) is 4.79 Å². The van der Waals surface area contributed by atoms with Gasteiger partial charge in [-0.15, -0.1) is 0 Å². The Hall–Kier alpha value is -1.24. The second-order valence-electron chi connectivity index (χ2n) is 5.77. The van der Waals surface area contributed by atoms with Crippen molar-refractivity contribution in [2.75, 3.05) is 6.61 Å². The third-order valence-electron chi connectivity index (χ3n) is 3.12. The van der Waals surface area contributed by atoms with Gasteiger partial charge >= 0.3 is 6.09 Å². The first-order chi connectivity index (χ1) is 8.79. The minimum atomic E-state index is -0.757. The minimum absolute atomic E-state index is 0.0202. The molecule has 7 heteroatoms. The van der Waals surface area contributed by atoms with E-state index in [1.807, 2.05) is 20.8 Å². The first kappa shape index (κ1) is 14.2. The number of fused-ring (bicyclic) bond motifs is 1. The molecule has 1 unspecified atom stereocenters. The molecule has 0 aliphatic carbocycles. The molecule has 1 aliphatic rings. The van der Waals surface area contributed by atoms with E-state index in [1.54, 1.807) is 10.9 Å². The Bertz CT molecular complexity index is 481. The number of aromatic nitrogens is 2. The van der Waals surface area contributed by atoms with Gasteiger partial charge in [-0.1, -0.05) is 20.8 Å². The van der Waals surface area contributed by atoms with Crippen molar-refractivity contribution in [3.63, 3.8) is 0 Å². The van der Waals surface area contributed by atoms with Crippen LogP contribution in [-0.4, -0.2) is 28.6 Å². The molecule has 1 amide bonds. The molecule has 1 aromatic rings. The minimum Gasteiger partial charge on any atom is -0.477 e. The van der Waals surface area contributed by atoms with Crippen molar-refractivity contribution in [2.24, 2.45) is 17.1 Å². The molecule has 0 aromatic carbocycles. The van der Waals surface area contributed by atoms with Crippen molar-refractivity contribution < 1.29 is 14.3 Å². The zero-order valence-electron chi connectivity index (χ0n) is 11.2. The van der Waals surface area contributed by atoms with Crippen molar-refractivity contribution in [1.82, 2.24) is 9.78 Å². The molecule has 0 saturated carbocycles. The fraction of sp³-hybridized carbons (Fsp3) is 0.667. The average molecular weight is 332 g/mol. The lowest BCUT2D eigenvalue weighted by Gasteiger charge is -2.37. The Morgan fingerprint density at radius 3 is 2.95 bits per heavy atom. The molecule has 1 aliphatic heterocycles. The van der Waals surface area contributed by atoms with Gasteiger partial charge in [0.05, 0.1) is 29.7 Å². The Kier molecular flexibility index (Phi) is 3.75. The molecular weight excluding hydrogens is 314 g/mol. The lowest BCUT2D eigenvalue weighted by molar-refractivity contribution is -0.0349. The fourth-order valence-electron chi connectivity index (χ4n) is 2.37.